The highest BCUT2D eigenvalue weighted by Gasteiger charge is 2.19. The maximum Gasteiger partial charge on any atom is 0.0603 e. The molecule has 0 spiro atoms. The first-order valence-corrected chi connectivity index (χ1v) is 5.12. The van der Waals surface area contributed by atoms with Crippen LogP contribution in [0.15, 0.2) is 18.3 Å². The van der Waals surface area contributed by atoms with Gasteiger partial charge in [0.2, 0.25) is 0 Å². The Hall–Kier alpha value is -1.09. The molecular formula is C11H17N3. The summed E-state index contributed by atoms with van der Waals surface area (Å²) in [5, 5.41) is 3.54. The van der Waals surface area contributed by atoms with Gasteiger partial charge in [-0.1, -0.05) is 0 Å². The molecule has 1 unspecified atom stereocenters. The lowest BCUT2D eigenvalue weighted by molar-refractivity contribution is 0.414. The van der Waals surface area contributed by atoms with E-state index < -0.39 is 0 Å². The fraction of sp³-hybridized carbons (Fsp3) is 0.545. The van der Waals surface area contributed by atoms with Crippen molar-refractivity contribution in [2.45, 2.75) is 19.4 Å². The van der Waals surface area contributed by atoms with Gasteiger partial charge in [0.05, 0.1) is 11.4 Å². The molecule has 1 fully saturated rings. The second-order valence-electron chi connectivity index (χ2n) is 4.03. The van der Waals surface area contributed by atoms with Crippen LogP contribution in [0.2, 0.25) is 0 Å². The fourth-order valence-electron chi connectivity index (χ4n) is 1.91. The zero-order valence-electron chi connectivity index (χ0n) is 8.83. The summed E-state index contributed by atoms with van der Waals surface area (Å²) in [5.41, 5.74) is 2.26. The summed E-state index contributed by atoms with van der Waals surface area (Å²) in [6.07, 6.45) is 3.06. The van der Waals surface area contributed by atoms with Crippen LogP contribution in [0.25, 0.3) is 0 Å². The molecule has 0 aromatic carbocycles. The number of nitrogens with one attached hydrogen (secondary N) is 1. The van der Waals surface area contributed by atoms with Gasteiger partial charge in [0, 0.05) is 18.8 Å². The van der Waals surface area contributed by atoms with Crippen LogP contribution in [0.1, 0.15) is 12.1 Å². The van der Waals surface area contributed by atoms with E-state index in [1.165, 1.54) is 18.7 Å². The van der Waals surface area contributed by atoms with E-state index in [1.807, 2.05) is 19.2 Å². The van der Waals surface area contributed by atoms with Crippen molar-refractivity contribution in [3.05, 3.63) is 24.0 Å². The second-order valence-corrected chi connectivity index (χ2v) is 4.03. The predicted octanol–water partition coefficient (Wildman–Crippen LogP) is 1.51. The van der Waals surface area contributed by atoms with Crippen molar-refractivity contribution >= 4 is 5.69 Å². The van der Waals surface area contributed by atoms with Crippen LogP contribution in [-0.4, -0.2) is 36.1 Å². The van der Waals surface area contributed by atoms with E-state index in [2.05, 4.69) is 28.3 Å². The summed E-state index contributed by atoms with van der Waals surface area (Å²) in [6.45, 7) is 4.37. The quantitative estimate of drug-likeness (QED) is 0.768. The number of hydrogen-bond donors (Lipinski definition) is 1. The van der Waals surface area contributed by atoms with Crippen molar-refractivity contribution in [3.8, 4) is 0 Å². The number of aromatic nitrogens is 1. The van der Waals surface area contributed by atoms with Crippen molar-refractivity contribution < 1.29 is 0 Å². The monoisotopic (exact) mass is 191 g/mol. The zero-order chi connectivity index (χ0) is 9.97. The Labute approximate surface area is 85.1 Å². The van der Waals surface area contributed by atoms with Gasteiger partial charge in [0.1, 0.15) is 0 Å². The summed E-state index contributed by atoms with van der Waals surface area (Å²) in [7, 11) is 2.16. The van der Waals surface area contributed by atoms with Crippen LogP contribution in [0.5, 0.6) is 0 Å². The highest BCUT2D eigenvalue weighted by Crippen LogP contribution is 2.16. The van der Waals surface area contributed by atoms with Gasteiger partial charge in [-0.25, -0.2) is 0 Å². The molecule has 1 aliphatic rings. The molecule has 76 valence electrons. The molecule has 1 saturated heterocycles. The summed E-state index contributed by atoms with van der Waals surface area (Å²) < 4.78 is 0. The van der Waals surface area contributed by atoms with Gasteiger partial charge >= 0.3 is 0 Å². The van der Waals surface area contributed by atoms with E-state index >= 15 is 0 Å². The molecule has 1 aromatic heterocycles. The molecule has 1 N–H and O–H groups in total. The Balaban J connectivity index is 2.01. The van der Waals surface area contributed by atoms with E-state index in [9.17, 15) is 0 Å². The van der Waals surface area contributed by atoms with Crippen LogP contribution < -0.4 is 5.32 Å². The third-order valence-electron chi connectivity index (χ3n) is 2.76. The van der Waals surface area contributed by atoms with Crippen molar-refractivity contribution in [3.63, 3.8) is 0 Å². The van der Waals surface area contributed by atoms with Gasteiger partial charge in [0.25, 0.3) is 0 Å². The minimum Gasteiger partial charge on any atom is -0.380 e. The van der Waals surface area contributed by atoms with E-state index in [-0.39, 0.29) is 0 Å². The summed E-state index contributed by atoms with van der Waals surface area (Å²) in [6, 6.07) is 4.66. The van der Waals surface area contributed by atoms with Crippen LogP contribution in [0.4, 0.5) is 5.69 Å². The van der Waals surface area contributed by atoms with Crippen molar-refractivity contribution in [2.24, 2.45) is 0 Å². The van der Waals surface area contributed by atoms with Gasteiger partial charge in [0.15, 0.2) is 0 Å². The van der Waals surface area contributed by atoms with E-state index in [0.29, 0.717) is 6.04 Å². The van der Waals surface area contributed by atoms with Crippen molar-refractivity contribution in [1.29, 1.82) is 0 Å². The fourth-order valence-corrected chi connectivity index (χ4v) is 1.91. The van der Waals surface area contributed by atoms with Gasteiger partial charge in [-0.3, -0.25) is 4.98 Å². The highest BCUT2D eigenvalue weighted by molar-refractivity contribution is 5.47. The number of pyridine rings is 1. The van der Waals surface area contributed by atoms with Gasteiger partial charge in [-0.05, 0) is 39.1 Å². The highest BCUT2D eigenvalue weighted by atomic mass is 15.2. The molecule has 1 atom stereocenters. The number of anilines is 1. The van der Waals surface area contributed by atoms with E-state index in [0.717, 1.165) is 12.2 Å². The molecule has 0 amide bonds. The number of hydrogen-bond acceptors (Lipinski definition) is 3. The normalized spacial score (nSPS) is 22.6. The molecule has 3 nitrogen and oxygen atoms in total. The van der Waals surface area contributed by atoms with Crippen LogP contribution in [0.3, 0.4) is 0 Å². The molecule has 1 aliphatic heterocycles. The average Bonchev–Trinajstić information content (AvgIpc) is 2.56. The first-order chi connectivity index (χ1) is 6.75. The Morgan fingerprint density at radius 1 is 1.57 bits per heavy atom. The number of aryl methyl sites for hydroxylation is 1. The first-order valence-electron chi connectivity index (χ1n) is 5.12. The van der Waals surface area contributed by atoms with Crippen LogP contribution in [0, 0.1) is 6.92 Å². The lowest BCUT2D eigenvalue weighted by Crippen LogP contribution is -2.23. The Morgan fingerprint density at radius 3 is 3.07 bits per heavy atom. The van der Waals surface area contributed by atoms with Crippen LogP contribution in [-0.2, 0) is 0 Å². The molecule has 14 heavy (non-hydrogen) atoms. The molecule has 0 radical (unpaired) electrons. The standard InChI is InChI=1S/C11H17N3/c1-9-11(4-3-6-12-9)13-10-5-7-14(2)8-10/h3-4,6,10,13H,5,7-8H2,1-2H3. The molecule has 0 bridgehead atoms. The smallest absolute Gasteiger partial charge is 0.0603 e. The van der Waals surface area contributed by atoms with Gasteiger partial charge < -0.3 is 10.2 Å². The number of likely N-dealkylation sites (N-methyl/N-ethyl adjacent to an activating group) is 1. The lowest BCUT2D eigenvalue weighted by atomic mass is 10.2. The molecule has 1 aromatic rings. The first kappa shape index (κ1) is 9.46. The molecule has 2 heterocycles. The van der Waals surface area contributed by atoms with Crippen LogP contribution >= 0.6 is 0 Å². The minimum atomic E-state index is 0.586. The number of rotatable bonds is 2. The third-order valence-corrected chi connectivity index (χ3v) is 2.76. The molecule has 0 aliphatic carbocycles. The van der Waals surface area contributed by atoms with Crippen molar-refractivity contribution in [1.82, 2.24) is 9.88 Å². The van der Waals surface area contributed by atoms with E-state index in [1.54, 1.807) is 0 Å². The zero-order valence-corrected chi connectivity index (χ0v) is 8.83. The second kappa shape index (κ2) is 3.96. The minimum absolute atomic E-state index is 0.586. The Kier molecular flexibility index (Phi) is 2.68. The Bertz CT molecular complexity index is 311. The van der Waals surface area contributed by atoms with Crippen molar-refractivity contribution in [2.75, 3.05) is 25.5 Å². The molecular weight excluding hydrogens is 174 g/mol. The maximum atomic E-state index is 4.26. The molecule has 2 rings (SSSR count). The number of likely N-dealkylation sites (tertiary alicyclic amines) is 1. The summed E-state index contributed by atoms with van der Waals surface area (Å²) >= 11 is 0. The molecule has 0 saturated carbocycles. The third kappa shape index (κ3) is 2.04. The van der Waals surface area contributed by atoms with Gasteiger partial charge in [-0.2, -0.15) is 0 Å². The molecule has 3 heteroatoms. The lowest BCUT2D eigenvalue weighted by Gasteiger charge is -2.15. The Morgan fingerprint density at radius 2 is 2.43 bits per heavy atom. The average molecular weight is 191 g/mol. The topological polar surface area (TPSA) is 28.2 Å². The number of nitrogens with zero attached hydrogens (tertiary/aromatic N) is 2. The van der Waals surface area contributed by atoms with Gasteiger partial charge in [-0.15, -0.1) is 0 Å². The summed E-state index contributed by atoms with van der Waals surface area (Å²) in [5.74, 6) is 0. The summed E-state index contributed by atoms with van der Waals surface area (Å²) in [4.78, 5) is 6.61. The maximum absolute atomic E-state index is 4.26. The van der Waals surface area contributed by atoms with E-state index in [4.69, 9.17) is 0 Å². The SMILES string of the molecule is Cc1ncccc1NC1CCN(C)C1. The largest absolute Gasteiger partial charge is 0.380 e. The predicted molar refractivity (Wildman–Crippen MR) is 58.5 cm³/mol.